The van der Waals surface area contributed by atoms with Crippen LogP contribution in [0.25, 0.3) is 0 Å². The zero-order chi connectivity index (χ0) is 34.1. The fourth-order valence-corrected chi connectivity index (χ4v) is 10.6. The summed E-state index contributed by atoms with van der Waals surface area (Å²) in [6.07, 6.45) is 45.9. The molecule has 0 saturated heterocycles. The fraction of sp³-hybridized carbons (Fsp3) is 0.143. The number of carboxylic acid groups (broad SMARTS) is 2. The summed E-state index contributed by atoms with van der Waals surface area (Å²) in [7, 11) is 0. The minimum atomic E-state index is -2.15. The van der Waals surface area contributed by atoms with Gasteiger partial charge in [0.05, 0.1) is 5.56 Å². The minimum absolute atomic E-state index is 0.0817. The molecular weight excluding hydrogens is 677 g/mol. The van der Waals surface area contributed by atoms with E-state index in [4.69, 9.17) is 70.3 Å². The Morgan fingerprint density at radius 3 is 1.17 bits per heavy atom. The highest BCUT2D eigenvalue weighted by molar-refractivity contribution is 8.22. The van der Waals surface area contributed by atoms with Crippen molar-refractivity contribution < 1.29 is 38.7 Å². The molecule has 12 heteroatoms. The maximum atomic E-state index is 12.8. The van der Waals surface area contributed by atoms with Crippen molar-refractivity contribution in [1.82, 2.24) is 0 Å². The number of aromatic carboxylic acids is 2. The zero-order valence-electron chi connectivity index (χ0n) is 23.3. The molecule has 0 aliphatic carbocycles. The van der Waals surface area contributed by atoms with Gasteiger partial charge in [0.1, 0.15) is 0 Å². The zero-order valence-corrected chi connectivity index (χ0v) is 26.6. The highest BCUT2D eigenvalue weighted by Gasteiger charge is 2.53. The Morgan fingerprint density at radius 1 is 0.511 bits per heavy atom. The molecule has 2 aromatic rings. The number of benzene rings is 2. The van der Waals surface area contributed by atoms with Crippen LogP contribution in [0.2, 0.25) is 0 Å². The highest BCUT2D eigenvalue weighted by atomic mass is 32.2. The normalized spacial score (nSPS) is 18.2. The summed E-state index contributed by atoms with van der Waals surface area (Å²) in [5.41, 5.74) is -0.0994. The molecular formula is C35H12O8S4. The summed E-state index contributed by atoms with van der Waals surface area (Å²) in [6.45, 7) is 0. The maximum absolute atomic E-state index is 12.8. The van der Waals surface area contributed by atoms with Crippen molar-refractivity contribution in [1.29, 1.82) is 0 Å². The molecule has 0 aromatic heterocycles. The van der Waals surface area contributed by atoms with Gasteiger partial charge in [0, 0.05) is 31.6 Å². The van der Waals surface area contributed by atoms with E-state index in [1.54, 1.807) is 0 Å². The summed E-state index contributed by atoms with van der Waals surface area (Å²) in [5, 5.41) is 20.7. The van der Waals surface area contributed by atoms with Crippen LogP contribution >= 0.6 is 47.0 Å². The van der Waals surface area contributed by atoms with Gasteiger partial charge < -0.3 is 29.2 Å². The number of carboxylic acids is 2. The summed E-state index contributed by atoms with van der Waals surface area (Å²) >= 11 is 4.15. The average Bonchev–Trinajstić information content (AvgIpc) is 3.85. The Hall–Kier alpha value is -5.54. The second kappa shape index (κ2) is 10.5. The van der Waals surface area contributed by atoms with E-state index in [0.717, 1.165) is 47.0 Å². The first-order valence-electron chi connectivity index (χ1n) is 12.6. The summed E-state index contributed by atoms with van der Waals surface area (Å²) in [5.74, 6) is 10.9. The molecule has 4 heterocycles. The minimum Gasteiger partial charge on any atom is -0.478 e. The van der Waals surface area contributed by atoms with Crippen LogP contribution in [0.1, 0.15) is 31.8 Å². The third-order valence-corrected chi connectivity index (χ3v) is 13.0. The van der Waals surface area contributed by atoms with Crippen molar-refractivity contribution in [3.8, 4) is 122 Å². The lowest BCUT2D eigenvalue weighted by Gasteiger charge is -2.19. The second-order valence-electron chi connectivity index (χ2n) is 9.56. The molecule has 4 aliphatic rings. The summed E-state index contributed by atoms with van der Waals surface area (Å²) in [6, 6.07) is 0. The molecule has 0 fully saturated rings. The molecule has 2 aromatic carbocycles. The van der Waals surface area contributed by atoms with E-state index >= 15 is 0 Å². The lowest BCUT2D eigenvalue weighted by molar-refractivity contribution is 0.0258. The molecule has 8 nitrogen and oxygen atoms in total. The number of thioether (sulfide) groups is 4. The topological polar surface area (TPSA) is 112 Å². The lowest BCUT2D eigenvalue weighted by Crippen LogP contribution is -2.35. The number of fused-ring (bicyclic) bond motifs is 4. The Labute approximate surface area is 286 Å². The number of ether oxygens (including phenoxy) is 4. The first-order valence-corrected chi connectivity index (χ1v) is 15.9. The van der Waals surface area contributed by atoms with Gasteiger partial charge in [0.25, 0.3) is 0 Å². The van der Waals surface area contributed by atoms with Gasteiger partial charge in [-0.3, -0.25) is 0 Å². The maximum Gasteiger partial charge on any atom is 0.385 e. The monoisotopic (exact) mass is 688 g/mol. The van der Waals surface area contributed by atoms with E-state index in [0.29, 0.717) is 15.4 Å². The first-order chi connectivity index (χ1) is 22.4. The Balaban J connectivity index is 1.70. The Morgan fingerprint density at radius 2 is 0.851 bits per heavy atom. The molecule has 6 rings (SSSR count). The van der Waals surface area contributed by atoms with Crippen molar-refractivity contribution in [3.63, 3.8) is 0 Å². The van der Waals surface area contributed by atoms with E-state index in [1.165, 1.54) is 0 Å². The molecule has 0 radical (unpaired) electrons. The number of terminal acetylenes is 8. The van der Waals surface area contributed by atoms with Crippen LogP contribution < -0.4 is 18.9 Å². The number of hydrogen-bond donors (Lipinski definition) is 2. The molecule has 4 aliphatic heterocycles. The first kappa shape index (κ1) is 31.4. The van der Waals surface area contributed by atoms with Crippen LogP contribution in [-0.4, -0.2) is 41.9 Å². The molecule has 2 N–H and O–H groups in total. The van der Waals surface area contributed by atoms with Gasteiger partial charge in [-0.2, -0.15) is 0 Å². The van der Waals surface area contributed by atoms with Gasteiger partial charge in [-0.05, 0) is 29.2 Å². The van der Waals surface area contributed by atoms with Crippen LogP contribution in [0.4, 0.5) is 0 Å². The van der Waals surface area contributed by atoms with Crippen molar-refractivity contribution in [2.24, 2.45) is 0 Å². The van der Waals surface area contributed by atoms with Crippen LogP contribution in [-0.2, 0) is 6.42 Å². The molecule has 0 atom stereocenters. The van der Waals surface area contributed by atoms with Gasteiger partial charge >= 0.3 is 23.5 Å². The van der Waals surface area contributed by atoms with Crippen LogP contribution in [0.5, 0.6) is 23.0 Å². The second-order valence-corrected chi connectivity index (χ2v) is 15.0. The predicted molar refractivity (Wildman–Crippen MR) is 177 cm³/mol. The van der Waals surface area contributed by atoms with Gasteiger partial charge in [-0.1, -0.05) is 70.7 Å². The van der Waals surface area contributed by atoms with Crippen LogP contribution in [0, 0.1) is 98.8 Å². The van der Waals surface area contributed by atoms with E-state index in [9.17, 15) is 19.8 Å². The molecule has 47 heavy (non-hydrogen) atoms. The number of carbonyl (C=O) groups is 2. The summed E-state index contributed by atoms with van der Waals surface area (Å²) < 4.78 is 20.9. The van der Waals surface area contributed by atoms with Crippen molar-refractivity contribution in [2.75, 3.05) is 0 Å². The standard InChI is InChI=1S/C35H12O8S4/c1-9-32(10-2)40-22-18(23-25(20(30(36)37)24(22)42-32)43-33(11-3,12-4)41-23)17-19-26-28(46-34(13-5,14-6)44-26)21(31(38)39)29-27(19)45-35(15-7,16-8)47-29/h1-8H,17H2,(H,36,37)(H,38,39). The van der Waals surface area contributed by atoms with Crippen LogP contribution in [0.3, 0.4) is 0 Å². The SMILES string of the molecule is C#CC1(C#C)Oc2c(Cc3c4c(c(C(=O)O)c5c3SC(C#C)(C#C)S5)SC(C#C)(C#C)S4)c3c(c(C(=O)O)c2O1)OC(C#C)(C#C)O3. The Kier molecular flexibility index (Phi) is 7.02. The highest BCUT2D eigenvalue weighted by Crippen LogP contribution is 2.67. The Bertz CT molecular complexity index is 1910. The van der Waals surface area contributed by atoms with Gasteiger partial charge in [-0.25, -0.2) is 9.59 Å². The number of hydrogen-bond acceptors (Lipinski definition) is 10. The molecule has 0 spiro atoms. The van der Waals surface area contributed by atoms with Crippen LogP contribution in [0.15, 0.2) is 19.6 Å². The van der Waals surface area contributed by atoms with Crippen molar-refractivity contribution >= 4 is 59.0 Å². The largest absolute Gasteiger partial charge is 0.478 e. The third kappa shape index (κ3) is 4.26. The van der Waals surface area contributed by atoms with E-state index in [-0.39, 0.29) is 50.3 Å². The molecule has 0 bridgehead atoms. The molecule has 0 saturated carbocycles. The van der Waals surface area contributed by atoms with E-state index < -0.39 is 37.2 Å². The smallest absolute Gasteiger partial charge is 0.385 e. The molecule has 224 valence electrons. The quantitative estimate of drug-likeness (QED) is 0.443. The van der Waals surface area contributed by atoms with Gasteiger partial charge in [0.2, 0.25) is 0 Å². The van der Waals surface area contributed by atoms with Crippen molar-refractivity contribution in [2.45, 2.75) is 45.7 Å². The summed E-state index contributed by atoms with van der Waals surface area (Å²) in [4.78, 5) is 26.8. The molecule has 0 amide bonds. The van der Waals surface area contributed by atoms with Gasteiger partial charge in [0.15, 0.2) is 36.7 Å². The lowest BCUT2D eigenvalue weighted by atomic mass is 9.98. The number of rotatable bonds is 4. The molecule has 0 unspecified atom stereocenters. The fourth-order valence-electron chi connectivity index (χ4n) is 4.99. The van der Waals surface area contributed by atoms with E-state index in [2.05, 4.69) is 47.4 Å². The van der Waals surface area contributed by atoms with Crippen molar-refractivity contribution in [3.05, 3.63) is 22.3 Å². The predicted octanol–water partition coefficient (Wildman–Crippen LogP) is 4.46. The third-order valence-electron chi connectivity index (χ3n) is 7.10. The average molecular weight is 689 g/mol. The van der Waals surface area contributed by atoms with E-state index in [1.807, 2.05) is 0 Å². The van der Waals surface area contributed by atoms with Gasteiger partial charge in [-0.15, -0.1) is 51.4 Å².